The number of nitrogens with zero attached hydrogens (tertiary/aromatic N) is 4. The fourth-order valence-electron chi connectivity index (χ4n) is 3.48. The van der Waals surface area contributed by atoms with Gasteiger partial charge in [-0.15, -0.1) is 0 Å². The lowest BCUT2D eigenvalue weighted by atomic mass is 10.1. The molecule has 140 valence electrons. The molecule has 0 amide bonds. The number of aliphatic hydroxyl groups is 2. The Balaban J connectivity index is 1.69. The second kappa shape index (κ2) is 6.05. The third kappa shape index (κ3) is 2.49. The minimum atomic E-state index is -0.791. The molecule has 5 rings (SSSR count). The van der Waals surface area contributed by atoms with Crippen molar-refractivity contribution in [3.05, 3.63) is 24.5 Å². The number of aliphatic hydroxyl groups excluding tert-OH is 2. The molecule has 0 bridgehead atoms. The Labute approximate surface area is 153 Å². The van der Waals surface area contributed by atoms with Crippen LogP contribution in [0.3, 0.4) is 0 Å². The van der Waals surface area contributed by atoms with E-state index in [9.17, 15) is 10.2 Å². The number of nitrogens with two attached hydrogens (primary N) is 1. The maximum absolute atomic E-state index is 10.2. The molecule has 1 aromatic carbocycles. The monoisotopic (exact) mass is 371 g/mol. The van der Waals surface area contributed by atoms with Crippen LogP contribution in [0.25, 0.3) is 22.6 Å². The van der Waals surface area contributed by atoms with Gasteiger partial charge in [0.05, 0.1) is 12.7 Å². The number of benzene rings is 1. The third-order valence-electron chi connectivity index (χ3n) is 4.81. The minimum Gasteiger partial charge on any atom is -0.454 e. The van der Waals surface area contributed by atoms with Gasteiger partial charge in [-0.25, -0.2) is 15.0 Å². The molecule has 2 aliphatic rings. The largest absolute Gasteiger partial charge is 0.454 e. The van der Waals surface area contributed by atoms with Crippen LogP contribution in [0.2, 0.25) is 0 Å². The van der Waals surface area contributed by atoms with Gasteiger partial charge in [-0.3, -0.25) is 4.57 Å². The molecule has 0 radical (unpaired) electrons. The second-order valence-corrected chi connectivity index (χ2v) is 6.42. The van der Waals surface area contributed by atoms with E-state index < -0.39 is 18.4 Å². The van der Waals surface area contributed by atoms with Crippen molar-refractivity contribution in [2.45, 2.75) is 24.9 Å². The standard InChI is InChI=1S/C17H17N5O5/c18-15-14-17(20-6-19-15)22(13-4-9(24)12(5-23)27-13)16(21-14)8-1-2-10-11(3-8)26-7-25-10/h1-3,6,9,12-13,23-24H,4-5,7H2,(H2,18,19,20)/t9-,12+,13+/m0/s1. The van der Waals surface area contributed by atoms with Crippen LogP contribution in [0.1, 0.15) is 12.6 Å². The van der Waals surface area contributed by atoms with Gasteiger partial charge in [-0.1, -0.05) is 0 Å². The zero-order valence-electron chi connectivity index (χ0n) is 14.1. The highest BCUT2D eigenvalue weighted by Crippen LogP contribution is 2.39. The van der Waals surface area contributed by atoms with Crippen molar-refractivity contribution in [2.24, 2.45) is 0 Å². The zero-order chi connectivity index (χ0) is 18.5. The Hall–Kier alpha value is -2.95. The Morgan fingerprint density at radius 1 is 1.22 bits per heavy atom. The molecule has 27 heavy (non-hydrogen) atoms. The Bertz CT molecular complexity index is 1020. The Morgan fingerprint density at radius 3 is 2.89 bits per heavy atom. The zero-order valence-corrected chi connectivity index (χ0v) is 14.1. The molecule has 2 aliphatic heterocycles. The van der Waals surface area contributed by atoms with Crippen molar-refractivity contribution in [1.82, 2.24) is 19.5 Å². The number of rotatable bonds is 3. The highest BCUT2D eigenvalue weighted by atomic mass is 16.7. The molecular weight excluding hydrogens is 354 g/mol. The van der Waals surface area contributed by atoms with Gasteiger partial charge in [-0.2, -0.15) is 0 Å². The number of imidazole rings is 1. The molecule has 3 atom stereocenters. The van der Waals surface area contributed by atoms with Gasteiger partial charge in [0.2, 0.25) is 6.79 Å². The molecule has 4 N–H and O–H groups in total. The molecule has 0 aliphatic carbocycles. The van der Waals surface area contributed by atoms with E-state index in [1.807, 2.05) is 12.1 Å². The summed E-state index contributed by atoms with van der Waals surface area (Å²) in [5.74, 6) is 2.07. The summed E-state index contributed by atoms with van der Waals surface area (Å²) >= 11 is 0. The third-order valence-corrected chi connectivity index (χ3v) is 4.81. The lowest BCUT2D eigenvalue weighted by molar-refractivity contribution is -0.0426. The number of ether oxygens (including phenoxy) is 3. The summed E-state index contributed by atoms with van der Waals surface area (Å²) in [5, 5.41) is 19.6. The van der Waals surface area contributed by atoms with Crippen molar-refractivity contribution >= 4 is 17.0 Å². The first-order valence-electron chi connectivity index (χ1n) is 8.48. The van der Waals surface area contributed by atoms with Crippen LogP contribution in [0.15, 0.2) is 24.5 Å². The summed E-state index contributed by atoms with van der Waals surface area (Å²) < 4.78 is 18.4. The van der Waals surface area contributed by atoms with Gasteiger partial charge in [0.15, 0.2) is 28.5 Å². The lowest BCUT2D eigenvalue weighted by Crippen LogP contribution is -2.24. The van der Waals surface area contributed by atoms with E-state index in [0.717, 1.165) is 5.56 Å². The Kier molecular flexibility index (Phi) is 3.64. The van der Waals surface area contributed by atoms with E-state index in [1.165, 1.54) is 6.33 Å². The van der Waals surface area contributed by atoms with Crippen LogP contribution in [0.4, 0.5) is 5.82 Å². The topological polar surface area (TPSA) is 138 Å². The highest BCUT2D eigenvalue weighted by Gasteiger charge is 2.37. The smallest absolute Gasteiger partial charge is 0.231 e. The van der Waals surface area contributed by atoms with E-state index in [0.29, 0.717) is 28.5 Å². The number of hydrogen-bond acceptors (Lipinski definition) is 9. The predicted octanol–water partition coefficient (Wildman–Crippen LogP) is 0.445. The quantitative estimate of drug-likeness (QED) is 0.599. The van der Waals surface area contributed by atoms with Crippen LogP contribution >= 0.6 is 0 Å². The maximum Gasteiger partial charge on any atom is 0.231 e. The van der Waals surface area contributed by atoms with Gasteiger partial charge in [0.1, 0.15) is 24.5 Å². The van der Waals surface area contributed by atoms with E-state index in [-0.39, 0.29) is 25.6 Å². The summed E-state index contributed by atoms with van der Waals surface area (Å²) in [6.07, 6.45) is -0.374. The molecule has 2 aromatic heterocycles. The highest BCUT2D eigenvalue weighted by molar-refractivity contribution is 5.85. The summed E-state index contributed by atoms with van der Waals surface area (Å²) in [6, 6.07) is 5.47. The number of aromatic nitrogens is 4. The summed E-state index contributed by atoms with van der Waals surface area (Å²) in [5.41, 5.74) is 7.67. The minimum absolute atomic E-state index is 0.170. The second-order valence-electron chi connectivity index (χ2n) is 6.42. The molecule has 4 heterocycles. The molecule has 0 spiro atoms. The average molecular weight is 371 g/mol. The van der Waals surface area contributed by atoms with Gasteiger partial charge in [0, 0.05) is 12.0 Å². The maximum atomic E-state index is 10.2. The van der Waals surface area contributed by atoms with Gasteiger partial charge >= 0.3 is 0 Å². The molecule has 10 nitrogen and oxygen atoms in total. The van der Waals surface area contributed by atoms with Gasteiger partial charge in [0.25, 0.3) is 0 Å². The SMILES string of the molecule is Nc1ncnc2c1nc(-c1ccc3c(c1)OCO3)n2[C@H]1C[C@H](O)[C@@H](CO)O1. The van der Waals surface area contributed by atoms with Crippen molar-refractivity contribution in [2.75, 3.05) is 19.1 Å². The molecule has 10 heteroatoms. The first-order valence-corrected chi connectivity index (χ1v) is 8.48. The first kappa shape index (κ1) is 16.2. The fraction of sp³-hybridized carbons (Fsp3) is 0.353. The van der Waals surface area contributed by atoms with Crippen LogP contribution in [-0.4, -0.2) is 55.3 Å². The van der Waals surface area contributed by atoms with Crippen molar-refractivity contribution in [1.29, 1.82) is 0 Å². The lowest BCUT2D eigenvalue weighted by Gasteiger charge is -2.17. The van der Waals surface area contributed by atoms with Gasteiger partial charge < -0.3 is 30.2 Å². The molecule has 0 unspecified atom stereocenters. The van der Waals surface area contributed by atoms with Crippen LogP contribution in [-0.2, 0) is 4.74 Å². The first-order chi connectivity index (χ1) is 13.2. The molecule has 1 saturated heterocycles. The van der Waals surface area contributed by atoms with E-state index in [4.69, 9.17) is 19.9 Å². The summed E-state index contributed by atoms with van der Waals surface area (Å²) in [6.45, 7) is -0.107. The molecule has 3 aromatic rings. The number of nitrogen functional groups attached to an aromatic ring is 1. The van der Waals surface area contributed by atoms with E-state index in [2.05, 4.69) is 15.0 Å². The van der Waals surface area contributed by atoms with E-state index in [1.54, 1.807) is 10.6 Å². The average Bonchev–Trinajstić information content (AvgIpc) is 3.37. The van der Waals surface area contributed by atoms with Crippen LogP contribution in [0, 0.1) is 0 Å². The predicted molar refractivity (Wildman–Crippen MR) is 92.9 cm³/mol. The number of anilines is 1. The van der Waals surface area contributed by atoms with Crippen LogP contribution in [0.5, 0.6) is 11.5 Å². The van der Waals surface area contributed by atoms with Crippen molar-refractivity contribution in [3.63, 3.8) is 0 Å². The fourth-order valence-corrected chi connectivity index (χ4v) is 3.48. The normalized spacial score (nSPS) is 24.0. The van der Waals surface area contributed by atoms with E-state index >= 15 is 0 Å². The number of fused-ring (bicyclic) bond motifs is 2. The molecule has 0 saturated carbocycles. The summed E-state index contributed by atoms with van der Waals surface area (Å²) in [4.78, 5) is 12.9. The van der Waals surface area contributed by atoms with Crippen LogP contribution < -0.4 is 15.2 Å². The molecule has 1 fully saturated rings. The molecular formula is C17H17N5O5. The Morgan fingerprint density at radius 2 is 2.07 bits per heavy atom. The summed E-state index contributed by atoms with van der Waals surface area (Å²) in [7, 11) is 0. The van der Waals surface area contributed by atoms with Crippen molar-refractivity contribution < 1.29 is 24.4 Å². The van der Waals surface area contributed by atoms with Crippen molar-refractivity contribution in [3.8, 4) is 22.9 Å². The number of hydrogen-bond donors (Lipinski definition) is 3. The van der Waals surface area contributed by atoms with Gasteiger partial charge in [-0.05, 0) is 18.2 Å².